The van der Waals surface area contributed by atoms with Gasteiger partial charge in [0.1, 0.15) is 0 Å². The van der Waals surface area contributed by atoms with E-state index in [1.54, 1.807) is 6.08 Å². The fourth-order valence-corrected chi connectivity index (χ4v) is 10.2. The third-order valence-electron chi connectivity index (χ3n) is 15.0. The van der Waals surface area contributed by atoms with Crippen LogP contribution in [0.1, 0.15) is 354 Å². The van der Waals surface area contributed by atoms with Crippen molar-refractivity contribution in [3.63, 3.8) is 0 Å². The van der Waals surface area contributed by atoms with Gasteiger partial charge in [0.2, 0.25) is 5.91 Å². The Morgan fingerprint density at radius 3 is 0.928 bits per heavy atom. The van der Waals surface area contributed by atoms with Crippen molar-refractivity contribution in [1.82, 2.24) is 5.32 Å². The van der Waals surface area contributed by atoms with Crippen molar-refractivity contribution >= 4 is 5.91 Å². The summed E-state index contributed by atoms with van der Waals surface area (Å²) in [4.78, 5) is 12.5. The Labute approximate surface area is 432 Å². The van der Waals surface area contributed by atoms with E-state index in [0.29, 0.717) is 6.42 Å². The molecule has 0 fully saturated rings. The summed E-state index contributed by atoms with van der Waals surface area (Å²) in [5.74, 6) is -0.318. The minimum atomic E-state index is -0.951. The lowest BCUT2D eigenvalue weighted by molar-refractivity contribution is -0.124. The Balaban J connectivity index is 3.50. The van der Waals surface area contributed by atoms with Gasteiger partial charge in [-0.25, -0.2) is 0 Å². The van der Waals surface area contributed by atoms with Gasteiger partial charge >= 0.3 is 0 Å². The Kier molecular flexibility index (Phi) is 58.4. The van der Waals surface area contributed by atoms with Crippen molar-refractivity contribution in [3.05, 3.63) is 24.3 Å². The van der Waals surface area contributed by atoms with Crippen molar-refractivity contribution in [3.8, 4) is 0 Å². The Morgan fingerprint density at radius 1 is 0.362 bits per heavy atom. The Bertz CT molecular complexity index is 1030. The maximum Gasteiger partial charge on any atom is 0.222 e. The van der Waals surface area contributed by atoms with Gasteiger partial charge in [0.25, 0.3) is 0 Å². The molecule has 0 aromatic rings. The van der Waals surface area contributed by atoms with Crippen molar-refractivity contribution in [2.45, 2.75) is 372 Å². The van der Waals surface area contributed by atoms with Crippen LogP contribution in [-0.4, -0.2) is 46.1 Å². The molecular weight excluding hydrogens is 847 g/mol. The molecule has 0 aliphatic carbocycles. The van der Waals surface area contributed by atoms with Crippen LogP contribution in [0.4, 0.5) is 0 Å². The summed E-state index contributed by atoms with van der Waals surface area (Å²) in [5.41, 5.74) is 0. The van der Waals surface area contributed by atoms with Gasteiger partial charge in [-0.2, -0.15) is 0 Å². The zero-order valence-corrected chi connectivity index (χ0v) is 47.0. The molecule has 5 heteroatoms. The van der Waals surface area contributed by atoms with E-state index in [4.69, 9.17) is 0 Å². The molecule has 69 heavy (non-hydrogen) atoms. The Hall–Kier alpha value is -1.17. The van der Waals surface area contributed by atoms with Gasteiger partial charge in [-0.15, -0.1) is 0 Å². The van der Waals surface area contributed by atoms with Crippen LogP contribution in [0, 0.1) is 0 Å². The number of hydrogen-bond donors (Lipinski definition) is 4. The summed E-state index contributed by atoms with van der Waals surface area (Å²) in [6.45, 7) is 4.25. The van der Waals surface area contributed by atoms with Gasteiger partial charge in [-0.3, -0.25) is 4.79 Å². The van der Waals surface area contributed by atoms with E-state index >= 15 is 0 Å². The van der Waals surface area contributed by atoms with Crippen molar-refractivity contribution in [2.24, 2.45) is 0 Å². The lowest BCUT2D eigenvalue weighted by Gasteiger charge is -2.21. The third-order valence-corrected chi connectivity index (χ3v) is 15.0. The molecule has 0 bridgehead atoms. The minimum absolute atomic E-state index is 0.0106. The molecule has 0 aromatic carbocycles. The SMILES string of the molecule is CCCCCCCCCCCCCCCCC/C=C/CC/C=C/C(O)C(CO)NC(=O)CC(O)CCCCCCCCCCCCCCCCCCCCCCCCCCCCCCCCCCC. The first kappa shape index (κ1) is 67.8. The maximum atomic E-state index is 12.5. The zero-order chi connectivity index (χ0) is 50.0. The molecule has 410 valence electrons. The normalized spacial score (nSPS) is 13.3. The van der Waals surface area contributed by atoms with E-state index in [1.165, 1.54) is 295 Å². The van der Waals surface area contributed by atoms with Crippen LogP contribution in [0.2, 0.25) is 0 Å². The van der Waals surface area contributed by atoms with Crippen LogP contribution in [0.25, 0.3) is 0 Å². The molecule has 0 heterocycles. The molecule has 0 aliphatic heterocycles. The molecule has 0 aromatic heterocycles. The molecule has 0 aliphatic rings. The maximum absolute atomic E-state index is 12.5. The molecular formula is C64H125NO4. The van der Waals surface area contributed by atoms with Crippen LogP contribution in [0.15, 0.2) is 24.3 Å². The number of aliphatic hydroxyl groups is 3. The van der Waals surface area contributed by atoms with Gasteiger partial charge in [0, 0.05) is 0 Å². The highest BCUT2D eigenvalue weighted by Crippen LogP contribution is 2.19. The summed E-state index contributed by atoms with van der Waals surface area (Å²) in [7, 11) is 0. The number of rotatable bonds is 59. The number of allylic oxidation sites excluding steroid dienone is 3. The molecule has 5 nitrogen and oxygen atoms in total. The number of nitrogens with one attached hydrogen (secondary N) is 1. The fraction of sp³-hybridized carbons (Fsp3) is 0.922. The lowest BCUT2D eigenvalue weighted by atomic mass is 10.0. The first-order chi connectivity index (χ1) is 34.0. The second-order valence-electron chi connectivity index (χ2n) is 22.0. The van der Waals surface area contributed by atoms with Gasteiger partial charge in [-0.05, 0) is 32.1 Å². The number of hydrogen-bond acceptors (Lipinski definition) is 4. The Morgan fingerprint density at radius 2 is 0.623 bits per heavy atom. The van der Waals surface area contributed by atoms with E-state index in [9.17, 15) is 20.1 Å². The highest BCUT2D eigenvalue weighted by Gasteiger charge is 2.20. The highest BCUT2D eigenvalue weighted by atomic mass is 16.3. The largest absolute Gasteiger partial charge is 0.394 e. The van der Waals surface area contributed by atoms with Crippen LogP contribution in [0.5, 0.6) is 0 Å². The van der Waals surface area contributed by atoms with Crippen molar-refractivity contribution in [2.75, 3.05) is 6.61 Å². The predicted octanol–water partition coefficient (Wildman–Crippen LogP) is 20.0. The molecule has 0 rings (SSSR count). The number of carbonyl (C=O) groups excluding carboxylic acids is 1. The fourth-order valence-electron chi connectivity index (χ4n) is 10.2. The lowest BCUT2D eigenvalue weighted by Crippen LogP contribution is -2.45. The van der Waals surface area contributed by atoms with Crippen LogP contribution < -0.4 is 5.32 Å². The number of aliphatic hydroxyl groups excluding tert-OH is 3. The second kappa shape index (κ2) is 59.4. The average molecular weight is 973 g/mol. The first-order valence-electron chi connectivity index (χ1n) is 31.6. The summed E-state index contributed by atoms with van der Waals surface area (Å²) < 4.78 is 0. The average Bonchev–Trinajstić information content (AvgIpc) is 3.35. The van der Waals surface area contributed by atoms with Crippen molar-refractivity contribution < 1.29 is 20.1 Å². The number of unbranched alkanes of at least 4 members (excludes halogenated alkanes) is 48. The predicted molar refractivity (Wildman–Crippen MR) is 305 cm³/mol. The van der Waals surface area contributed by atoms with Gasteiger partial charge in [0.15, 0.2) is 0 Å². The molecule has 0 saturated heterocycles. The summed E-state index contributed by atoms with van der Waals surface area (Å²) in [6.07, 6.45) is 76.9. The zero-order valence-electron chi connectivity index (χ0n) is 47.0. The van der Waals surface area contributed by atoms with E-state index in [-0.39, 0.29) is 18.9 Å². The van der Waals surface area contributed by atoms with Crippen LogP contribution in [-0.2, 0) is 4.79 Å². The van der Waals surface area contributed by atoms with Gasteiger partial charge in [0.05, 0.1) is 31.3 Å². The van der Waals surface area contributed by atoms with Gasteiger partial charge in [-0.1, -0.05) is 340 Å². The molecule has 0 spiro atoms. The molecule has 0 radical (unpaired) electrons. The summed E-state index contributed by atoms with van der Waals surface area (Å²) >= 11 is 0. The topological polar surface area (TPSA) is 89.8 Å². The molecule has 0 saturated carbocycles. The van der Waals surface area contributed by atoms with E-state index in [2.05, 4.69) is 31.3 Å². The van der Waals surface area contributed by atoms with Crippen molar-refractivity contribution in [1.29, 1.82) is 0 Å². The third kappa shape index (κ3) is 56.0. The molecule has 3 unspecified atom stereocenters. The smallest absolute Gasteiger partial charge is 0.222 e. The molecule has 4 N–H and O–H groups in total. The molecule has 3 atom stereocenters. The minimum Gasteiger partial charge on any atom is -0.394 e. The van der Waals surface area contributed by atoms with Crippen LogP contribution in [0.3, 0.4) is 0 Å². The summed E-state index contributed by atoms with van der Waals surface area (Å²) in [6, 6.07) is -0.760. The number of carbonyl (C=O) groups is 1. The summed E-state index contributed by atoms with van der Waals surface area (Å²) in [5, 5.41) is 33.5. The first-order valence-corrected chi connectivity index (χ1v) is 31.6. The van der Waals surface area contributed by atoms with Crippen LogP contribution >= 0.6 is 0 Å². The quantitative estimate of drug-likeness (QED) is 0.0361. The molecule has 1 amide bonds. The standard InChI is InChI=1S/C64H125NO4/c1-3-5-7-9-11-13-15-17-19-21-23-25-26-27-28-29-30-31-32-33-34-35-36-38-39-41-43-45-47-49-51-53-55-57-61(67)59-64(69)65-62(60-66)63(68)58-56-54-52-50-48-46-44-42-40-37-24-22-20-18-16-14-12-10-8-6-4-2/h48,50,56,58,61-63,66-68H,3-47,49,51-55,57,59-60H2,1-2H3,(H,65,69)/b50-48+,58-56+. The number of amides is 1. The van der Waals surface area contributed by atoms with E-state index in [1.807, 2.05) is 6.08 Å². The van der Waals surface area contributed by atoms with E-state index in [0.717, 1.165) is 32.1 Å². The monoisotopic (exact) mass is 972 g/mol. The highest BCUT2D eigenvalue weighted by molar-refractivity contribution is 5.76. The second-order valence-corrected chi connectivity index (χ2v) is 22.0. The van der Waals surface area contributed by atoms with Gasteiger partial charge < -0.3 is 20.6 Å². The van der Waals surface area contributed by atoms with E-state index < -0.39 is 18.2 Å².